The molecular weight excluding hydrogens is 536 g/mol. The van der Waals surface area contributed by atoms with Crippen LogP contribution >= 0.6 is 15.9 Å². The van der Waals surface area contributed by atoms with Crippen molar-refractivity contribution in [1.82, 2.24) is 0 Å². The van der Waals surface area contributed by atoms with Gasteiger partial charge >= 0.3 is 0 Å². The van der Waals surface area contributed by atoms with Gasteiger partial charge in [-0.25, -0.2) is 0 Å². The molecule has 4 fully saturated rings. The summed E-state index contributed by atoms with van der Waals surface area (Å²) in [4.78, 5) is 0. The van der Waals surface area contributed by atoms with E-state index in [-0.39, 0.29) is 5.41 Å². The fourth-order valence-electron chi connectivity index (χ4n) is 9.17. The van der Waals surface area contributed by atoms with E-state index >= 15 is 0 Å². The number of methoxy groups -OCH3 is 1. The van der Waals surface area contributed by atoms with Crippen molar-refractivity contribution >= 4 is 29.2 Å². The highest BCUT2D eigenvalue weighted by Gasteiger charge is 2.53. The standard InChI is InChI=1S/C33H47BrO2Si/c1-5-12-37(13-6-2,14-7-3)27-18-29(28-10-8-9-11-31(28)34)32(36-23-35-4)30(19-27)33-20-24-15-25(21-33)17-26(16-24)22-33/h8-11,18-19,24-26H,5-7,12-17,20-23H2,1-4H3. The maximum atomic E-state index is 6.64. The van der Waals surface area contributed by atoms with E-state index in [0.717, 1.165) is 28.0 Å². The van der Waals surface area contributed by atoms with Gasteiger partial charge in [-0.2, -0.15) is 0 Å². The van der Waals surface area contributed by atoms with Crippen molar-refractivity contribution in [2.75, 3.05) is 13.9 Å². The van der Waals surface area contributed by atoms with Crippen molar-refractivity contribution in [3.05, 3.63) is 46.4 Å². The van der Waals surface area contributed by atoms with E-state index in [1.807, 2.05) is 0 Å². The van der Waals surface area contributed by atoms with Gasteiger partial charge in [0.15, 0.2) is 6.79 Å². The third kappa shape index (κ3) is 5.24. The summed E-state index contributed by atoms with van der Waals surface area (Å²) in [5.41, 5.74) is 4.35. The molecule has 4 bridgehead atoms. The van der Waals surface area contributed by atoms with Gasteiger partial charge in [0.05, 0.1) is 8.07 Å². The third-order valence-electron chi connectivity index (χ3n) is 9.98. The zero-order valence-electron chi connectivity index (χ0n) is 23.6. The van der Waals surface area contributed by atoms with E-state index in [1.54, 1.807) is 12.3 Å². The highest BCUT2D eigenvalue weighted by molar-refractivity contribution is 9.10. The van der Waals surface area contributed by atoms with Crippen LogP contribution in [0.15, 0.2) is 40.9 Å². The molecule has 0 atom stereocenters. The SMILES string of the molecule is CCC[Si](CCC)(CCC)c1cc(-c2ccccc2Br)c(OCOC)c(C23CC4CC(CC(C4)C2)C3)c1. The molecule has 0 aliphatic heterocycles. The second kappa shape index (κ2) is 11.6. The molecule has 4 aliphatic rings. The molecule has 202 valence electrons. The minimum absolute atomic E-state index is 0.272. The molecule has 0 saturated heterocycles. The van der Waals surface area contributed by atoms with Crippen LogP contribution in [-0.4, -0.2) is 22.0 Å². The molecule has 4 aliphatic carbocycles. The van der Waals surface area contributed by atoms with E-state index in [1.165, 1.54) is 92.6 Å². The number of halogens is 1. The Morgan fingerprint density at radius 2 is 1.41 bits per heavy atom. The van der Waals surface area contributed by atoms with Crippen molar-refractivity contribution in [3.63, 3.8) is 0 Å². The topological polar surface area (TPSA) is 18.5 Å². The molecular formula is C33H47BrO2Si. The number of hydrogen-bond acceptors (Lipinski definition) is 2. The van der Waals surface area contributed by atoms with E-state index in [9.17, 15) is 0 Å². The summed E-state index contributed by atoms with van der Waals surface area (Å²) >= 11 is 3.92. The fourth-order valence-corrected chi connectivity index (χ4v) is 15.1. The molecule has 0 aromatic heterocycles. The van der Waals surface area contributed by atoms with Gasteiger partial charge in [-0.3, -0.25) is 0 Å². The summed E-state index contributed by atoms with van der Waals surface area (Å²) in [5, 5.41) is 1.69. The molecule has 2 aromatic carbocycles. The minimum atomic E-state index is -1.65. The van der Waals surface area contributed by atoms with Gasteiger partial charge in [0.25, 0.3) is 0 Å². The molecule has 0 radical (unpaired) electrons. The van der Waals surface area contributed by atoms with Gasteiger partial charge in [-0.05, 0) is 73.3 Å². The number of benzene rings is 2. The van der Waals surface area contributed by atoms with E-state index in [2.05, 4.69) is 73.1 Å². The van der Waals surface area contributed by atoms with Crippen LogP contribution in [0.1, 0.15) is 84.1 Å². The second-order valence-electron chi connectivity index (χ2n) is 12.7. The molecule has 37 heavy (non-hydrogen) atoms. The lowest BCUT2D eigenvalue weighted by Crippen LogP contribution is -2.51. The summed E-state index contributed by atoms with van der Waals surface area (Å²) in [7, 11) is 0.0936. The first-order chi connectivity index (χ1) is 18.0. The third-order valence-corrected chi connectivity index (χ3v) is 16.6. The zero-order chi connectivity index (χ0) is 26.0. The lowest BCUT2D eigenvalue weighted by Gasteiger charge is -2.57. The Morgan fingerprint density at radius 1 is 0.838 bits per heavy atom. The number of ether oxygens (including phenoxy) is 2. The van der Waals surface area contributed by atoms with Crippen molar-refractivity contribution in [1.29, 1.82) is 0 Å². The molecule has 6 rings (SSSR count). The highest BCUT2D eigenvalue weighted by Crippen LogP contribution is 2.62. The van der Waals surface area contributed by atoms with E-state index < -0.39 is 8.07 Å². The van der Waals surface area contributed by atoms with Crippen LogP contribution in [0.4, 0.5) is 0 Å². The van der Waals surface area contributed by atoms with Gasteiger partial charge in [0.1, 0.15) is 5.75 Å². The number of hydrogen-bond donors (Lipinski definition) is 0. The van der Waals surface area contributed by atoms with Gasteiger partial charge in [-0.15, -0.1) is 0 Å². The van der Waals surface area contributed by atoms with Crippen LogP contribution in [0.2, 0.25) is 18.1 Å². The van der Waals surface area contributed by atoms with Crippen molar-refractivity contribution in [2.45, 2.75) is 102 Å². The monoisotopic (exact) mass is 582 g/mol. The molecule has 0 amide bonds. The number of rotatable bonds is 12. The zero-order valence-corrected chi connectivity index (χ0v) is 26.2. The van der Waals surface area contributed by atoms with Gasteiger partial charge in [0.2, 0.25) is 0 Å². The molecule has 2 aromatic rings. The fraction of sp³-hybridized carbons (Fsp3) is 0.636. The van der Waals surface area contributed by atoms with Crippen LogP contribution in [0.25, 0.3) is 11.1 Å². The molecule has 4 heteroatoms. The summed E-state index contributed by atoms with van der Waals surface area (Å²) in [6.07, 6.45) is 12.3. The lowest BCUT2D eigenvalue weighted by atomic mass is 9.48. The molecule has 0 N–H and O–H groups in total. The average molecular weight is 584 g/mol. The minimum Gasteiger partial charge on any atom is -0.467 e. The largest absolute Gasteiger partial charge is 0.467 e. The van der Waals surface area contributed by atoms with Crippen molar-refractivity contribution in [3.8, 4) is 16.9 Å². The summed E-state index contributed by atoms with van der Waals surface area (Å²) in [6.45, 7) is 7.51. The average Bonchev–Trinajstić information content (AvgIpc) is 2.87. The predicted molar refractivity (Wildman–Crippen MR) is 163 cm³/mol. The predicted octanol–water partition coefficient (Wildman–Crippen LogP) is 9.45. The van der Waals surface area contributed by atoms with Crippen LogP contribution < -0.4 is 9.92 Å². The Balaban J connectivity index is 1.78. The van der Waals surface area contributed by atoms with Crippen LogP contribution in [0.3, 0.4) is 0 Å². The Bertz CT molecular complexity index is 1030. The van der Waals surface area contributed by atoms with Crippen molar-refractivity contribution in [2.24, 2.45) is 17.8 Å². The molecule has 0 unspecified atom stereocenters. The Kier molecular flexibility index (Phi) is 8.58. The summed E-state index contributed by atoms with van der Waals surface area (Å²) in [5.74, 6) is 3.81. The summed E-state index contributed by atoms with van der Waals surface area (Å²) in [6, 6.07) is 18.2. The van der Waals surface area contributed by atoms with Gasteiger partial charge in [0, 0.05) is 22.7 Å². The van der Waals surface area contributed by atoms with Gasteiger partial charge in [-0.1, -0.05) is 110 Å². The lowest BCUT2D eigenvalue weighted by molar-refractivity contribution is -0.00870. The first kappa shape index (κ1) is 27.5. The van der Waals surface area contributed by atoms with E-state index in [4.69, 9.17) is 9.47 Å². The van der Waals surface area contributed by atoms with Crippen molar-refractivity contribution < 1.29 is 9.47 Å². The van der Waals surface area contributed by atoms with Gasteiger partial charge < -0.3 is 9.47 Å². The van der Waals surface area contributed by atoms with Crippen LogP contribution in [-0.2, 0) is 10.2 Å². The molecule has 4 saturated carbocycles. The normalized spacial score (nSPS) is 26.6. The molecule has 0 heterocycles. The Morgan fingerprint density at radius 3 is 1.92 bits per heavy atom. The maximum absolute atomic E-state index is 6.64. The second-order valence-corrected chi connectivity index (χ2v) is 18.2. The van der Waals surface area contributed by atoms with Crippen LogP contribution in [0, 0.1) is 17.8 Å². The highest BCUT2D eigenvalue weighted by atomic mass is 79.9. The Hall–Kier alpha value is -1.10. The maximum Gasteiger partial charge on any atom is 0.188 e. The molecule has 0 spiro atoms. The molecule has 2 nitrogen and oxygen atoms in total. The summed E-state index contributed by atoms with van der Waals surface area (Å²) < 4.78 is 13.3. The first-order valence-corrected chi connectivity index (χ1v) is 18.4. The van der Waals surface area contributed by atoms with Crippen LogP contribution in [0.5, 0.6) is 5.75 Å². The quantitative estimate of drug-likeness (QED) is 0.183. The first-order valence-electron chi connectivity index (χ1n) is 15.0. The van der Waals surface area contributed by atoms with E-state index in [0.29, 0.717) is 6.79 Å². The Labute approximate surface area is 235 Å². The smallest absolute Gasteiger partial charge is 0.188 e.